The van der Waals surface area contributed by atoms with E-state index in [1.807, 2.05) is 43.1 Å². The number of aromatic nitrogens is 4. The average Bonchev–Trinajstić information content (AvgIpc) is 3.22. The third kappa shape index (κ3) is 3.17. The molecule has 4 rings (SSSR count). The van der Waals surface area contributed by atoms with Crippen molar-refractivity contribution in [1.29, 1.82) is 0 Å². The Labute approximate surface area is 163 Å². The van der Waals surface area contributed by atoms with E-state index in [0.29, 0.717) is 11.6 Å². The largest absolute Gasteiger partial charge is 0.491 e. The summed E-state index contributed by atoms with van der Waals surface area (Å²) in [6.07, 6.45) is 4.66. The summed E-state index contributed by atoms with van der Waals surface area (Å²) in [5.41, 5.74) is 11.8. The molecule has 6 N–H and O–H groups in total. The van der Waals surface area contributed by atoms with E-state index in [2.05, 4.69) is 21.0 Å². The van der Waals surface area contributed by atoms with Crippen LogP contribution in [-0.4, -0.2) is 39.8 Å². The molecule has 1 atom stereocenters. The van der Waals surface area contributed by atoms with Gasteiger partial charge in [-0.2, -0.15) is 0 Å². The summed E-state index contributed by atoms with van der Waals surface area (Å²) in [6.45, 7) is 2.01. The number of aryl methyl sites for hydroxylation is 1. The van der Waals surface area contributed by atoms with Crippen molar-refractivity contribution in [3.63, 3.8) is 0 Å². The van der Waals surface area contributed by atoms with Crippen LogP contribution in [0.1, 0.15) is 12.5 Å². The van der Waals surface area contributed by atoms with Crippen molar-refractivity contribution in [2.45, 2.75) is 19.4 Å². The number of hydrogen-bond donors (Lipinski definition) is 3. The zero-order chi connectivity index (χ0) is 19.1. The highest BCUT2D eigenvalue weighted by atomic mass is 16.5. The predicted molar refractivity (Wildman–Crippen MR) is 111 cm³/mol. The van der Waals surface area contributed by atoms with Crippen LogP contribution < -0.4 is 21.4 Å². The van der Waals surface area contributed by atoms with Crippen LogP contribution in [0, 0.1) is 0 Å². The lowest BCUT2D eigenvalue weighted by Crippen LogP contribution is -2.17. The van der Waals surface area contributed by atoms with E-state index in [4.69, 9.17) is 15.2 Å². The summed E-state index contributed by atoms with van der Waals surface area (Å²) in [5, 5.41) is 1.09. The Kier molecular flexibility index (Phi) is 5.26. The molecule has 0 saturated carbocycles. The molecule has 0 radical (unpaired) electrons. The molecule has 0 fully saturated rings. The molecule has 4 aromatic rings. The molecule has 0 aliphatic carbocycles. The van der Waals surface area contributed by atoms with Gasteiger partial charge in [0.1, 0.15) is 11.2 Å². The average molecular weight is 382 g/mol. The van der Waals surface area contributed by atoms with E-state index in [1.165, 1.54) is 5.56 Å². The van der Waals surface area contributed by atoms with Crippen LogP contribution in [-0.2, 0) is 13.5 Å². The number of hydrogen-bond acceptors (Lipinski definition) is 6. The molecular formula is C20H26N6O2. The number of H-pyrrole nitrogens is 1. The number of aromatic amines is 1. The fourth-order valence-corrected chi connectivity index (χ4v) is 3.50. The number of methoxy groups -OCH3 is 2. The Bertz CT molecular complexity index is 1130. The molecule has 4 aromatic heterocycles. The van der Waals surface area contributed by atoms with Crippen molar-refractivity contribution in [2.75, 3.05) is 14.2 Å². The molecule has 8 heteroatoms. The smallest absolute Gasteiger partial charge is 0.257 e. The van der Waals surface area contributed by atoms with Gasteiger partial charge in [-0.05, 0) is 31.0 Å². The molecule has 0 aliphatic heterocycles. The molecular weight excluding hydrogens is 356 g/mol. The minimum atomic E-state index is 0. The van der Waals surface area contributed by atoms with Crippen LogP contribution >= 0.6 is 0 Å². The zero-order valence-corrected chi connectivity index (χ0v) is 16.6. The van der Waals surface area contributed by atoms with Gasteiger partial charge in [0, 0.05) is 42.5 Å². The summed E-state index contributed by atoms with van der Waals surface area (Å²) in [7, 11) is 5.19. The Hall–Kier alpha value is -3.10. The van der Waals surface area contributed by atoms with Crippen LogP contribution in [0.25, 0.3) is 33.3 Å². The predicted octanol–water partition coefficient (Wildman–Crippen LogP) is 3.19. The Morgan fingerprint density at radius 2 is 2.04 bits per heavy atom. The molecule has 28 heavy (non-hydrogen) atoms. The van der Waals surface area contributed by atoms with Gasteiger partial charge in [0.25, 0.3) is 5.88 Å². The van der Waals surface area contributed by atoms with E-state index in [0.717, 1.165) is 39.7 Å². The third-order valence-corrected chi connectivity index (χ3v) is 4.76. The molecule has 0 amide bonds. The van der Waals surface area contributed by atoms with Gasteiger partial charge in [-0.3, -0.25) is 0 Å². The Morgan fingerprint density at radius 3 is 2.71 bits per heavy atom. The van der Waals surface area contributed by atoms with Gasteiger partial charge in [0.15, 0.2) is 5.75 Å². The van der Waals surface area contributed by atoms with Crippen molar-refractivity contribution in [2.24, 2.45) is 12.8 Å². The highest BCUT2D eigenvalue weighted by molar-refractivity contribution is 5.96. The number of fused-ring (bicyclic) bond motifs is 2. The minimum absolute atomic E-state index is 0. The molecule has 148 valence electrons. The quantitative estimate of drug-likeness (QED) is 0.487. The molecule has 0 saturated heterocycles. The van der Waals surface area contributed by atoms with Crippen LogP contribution in [0.4, 0.5) is 0 Å². The summed E-state index contributed by atoms with van der Waals surface area (Å²) in [4.78, 5) is 12.6. The van der Waals surface area contributed by atoms with Crippen molar-refractivity contribution in [1.82, 2.24) is 25.7 Å². The first kappa shape index (κ1) is 19.7. The summed E-state index contributed by atoms with van der Waals surface area (Å²) < 4.78 is 12.8. The van der Waals surface area contributed by atoms with Gasteiger partial charge in [-0.1, -0.05) is 0 Å². The first-order chi connectivity index (χ1) is 13.0. The van der Waals surface area contributed by atoms with Gasteiger partial charge >= 0.3 is 0 Å². The Balaban J connectivity index is 0.00000225. The molecule has 1 unspecified atom stereocenters. The lowest BCUT2D eigenvalue weighted by atomic mass is 10.1. The number of nitrogens with one attached hydrogen (secondary N) is 1. The molecule has 0 spiro atoms. The summed E-state index contributed by atoms with van der Waals surface area (Å²) in [6, 6.07) is 6.17. The maximum Gasteiger partial charge on any atom is 0.257 e. The highest BCUT2D eigenvalue weighted by Crippen LogP contribution is 2.36. The fourth-order valence-electron chi connectivity index (χ4n) is 3.50. The minimum Gasteiger partial charge on any atom is -0.491 e. The van der Waals surface area contributed by atoms with E-state index in [-0.39, 0.29) is 12.2 Å². The standard InChI is InChI=1S/C20H23N5O2.H3N/c1-11(21)7-12-5-6-22-19-13(12)8-15(23-19)14-10-25(2)16-9-17(26-3)20(27-4)24-18(14)16;/h5-6,8-11H,7,21H2,1-4H3,(H,22,23);1H3. The molecule has 0 aromatic carbocycles. The normalized spacial score (nSPS) is 12.2. The second-order valence-corrected chi connectivity index (χ2v) is 6.82. The number of nitrogens with zero attached hydrogens (tertiary/aromatic N) is 3. The van der Waals surface area contributed by atoms with Crippen LogP contribution in [0.15, 0.2) is 30.6 Å². The van der Waals surface area contributed by atoms with Crippen LogP contribution in [0.2, 0.25) is 0 Å². The second-order valence-electron chi connectivity index (χ2n) is 6.82. The summed E-state index contributed by atoms with van der Waals surface area (Å²) >= 11 is 0. The summed E-state index contributed by atoms with van der Waals surface area (Å²) in [5.74, 6) is 1.07. The van der Waals surface area contributed by atoms with Crippen molar-refractivity contribution >= 4 is 22.1 Å². The molecule has 8 nitrogen and oxygen atoms in total. The molecule has 0 aliphatic rings. The maximum atomic E-state index is 6.00. The maximum absolute atomic E-state index is 6.00. The number of rotatable bonds is 5. The van der Waals surface area contributed by atoms with Crippen molar-refractivity contribution < 1.29 is 9.47 Å². The highest BCUT2D eigenvalue weighted by Gasteiger charge is 2.18. The Morgan fingerprint density at radius 1 is 1.25 bits per heavy atom. The van der Waals surface area contributed by atoms with Crippen LogP contribution in [0.3, 0.4) is 0 Å². The number of ether oxygens (including phenoxy) is 2. The van der Waals surface area contributed by atoms with E-state index >= 15 is 0 Å². The van der Waals surface area contributed by atoms with E-state index in [1.54, 1.807) is 14.2 Å². The third-order valence-electron chi connectivity index (χ3n) is 4.76. The monoisotopic (exact) mass is 382 g/mol. The van der Waals surface area contributed by atoms with Gasteiger partial charge in [-0.25, -0.2) is 9.97 Å². The second kappa shape index (κ2) is 7.49. The van der Waals surface area contributed by atoms with E-state index in [9.17, 15) is 0 Å². The van der Waals surface area contributed by atoms with Gasteiger partial charge < -0.3 is 30.9 Å². The lowest BCUT2D eigenvalue weighted by molar-refractivity contribution is 0.344. The van der Waals surface area contributed by atoms with E-state index < -0.39 is 0 Å². The molecule has 4 heterocycles. The van der Waals surface area contributed by atoms with Gasteiger partial charge in [0.05, 0.1) is 25.4 Å². The zero-order valence-electron chi connectivity index (χ0n) is 16.6. The SMILES string of the molecule is COc1cc2c(nc1OC)c(-c1cc3c(CC(C)N)ccnc3[nH]1)cn2C.N. The van der Waals surface area contributed by atoms with Crippen molar-refractivity contribution in [3.05, 3.63) is 36.2 Å². The topological polar surface area (TPSA) is 126 Å². The molecule has 0 bridgehead atoms. The lowest BCUT2D eigenvalue weighted by Gasteiger charge is -2.07. The first-order valence-corrected chi connectivity index (χ1v) is 8.82. The van der Waals surface area contributed by atoms with Gasteiger partial charge in [-0.15, -0.1) is 0 Å². The number of pyridine rings is 2. The van der Waals surface area contributed by atoms with Crippen LogP contribution in [0.5, 0.6) is 11.6 Å². The first-order valence-electron chi connectivity index (χ1n) is 8.82. The fraction of sp³-hybridized carbons (Fsp3) is 0.300. The van der Waals surface area contributed by atoms with Gasteiger partial charge in [0.2, 0.25) is 0 Å². The van der Waals surface area contributed by atoms with Crippen molar-refractivity contribution in [3.8, 4) is 22.9 Å². The number of nitrogens with two attached hydrogens (primary N) is 1.